The molecule has 0 fully saturated rings. The fraction of sp³-hybridized carbons (Fsp3) is 0.0870. The summed E-state index contributed by atoms with van der Waals surface area (Å²) in [5, 5.41) is 3.08. The second kappa shape index (κ2) is 8.41. The van der Waals surface area contributed by atoms with Crippen molar-refractivity contribution in [2.24, 2.45) is 0 Å². The molecule has 1 amide bonds. The molecule has 1 N–H and O–H groups in total. The van der Waals surface area contributed by atoms with Crippen LogP contribution in [0.1, 0.15) is 17.2 Å². The summed E-state index contributed by atoms with van der Waals surface area (Å²) in [6, 6.07) is 24.5. The third-order valence-electron chi connectivity index (χ3n) is 4.70. The van der Waals surface area contributed by atoms with Gasteiger partial charge in [0.1, 0.15) is 6.54 Å². The van der Waals surface area contributed by atoms with Crippen molar-refractivity contribution in [3.63, 3.8) is 0 Å². The van der Waals surface area contributed by atoms with E-state index in [-0.39, 0.29) is 24.1 Å². The lowest BCUT2D eigenvalue weighted by atomic mass is 9.99. The molecule has 0 aliphatic heterocycles. The summed E-state index contributed by atoms with van der Waals surface area (Å²) in [4.78, 5) is 29.4. The van der Waals surface area contributed by atoms with Gasteiger partial charge in [-0.05, 0) is 35.4 Å². The number of fused-ring (bicyclic) bond motifs is 1. The predicted octanol–water partition coefficient (Wildman–Crippen LogP) is 4.06. The van der Waals surface area contributed by atoms with E-state index in [1.54, 1.807) is 6.07 Å². The van der Waals surface area contributed by atoms with E-state index in [9.17, 15) is 9.59 Å². The molecule has 0 aliphatic carbocycles. The van der Waals surface area contributed by atoms with Gasteiger partial charge in [0.15, 0.2) is 0 Å². The molecule has 0 bridgehead atoms. The van der Waals surface area contributed by atoms with E-state index >= 15 is 0 Å². The summed E-state index contributed by atoms with van der Waals surface area (Å²) in [6.07, 6.45) is 1.25. The maximum Gasteiger partial charge on any atom is 0.269 e. The van der Waals surface area contributed by atoms with E-state index in [0.29, 0.717) is 11.0 Å². The maximum absolute atomic E-state index is 12.9. The monoisotopic (exact) mass is 447 g/mol. The van der Waals surface area contributed by atoms with Crippen LogP contribution in [-0.4, -0.2) is 15.5 Å². The summed E-state index contributed by atoms with van der Waals surface area (Å²) in [5.74, 6) is -0.250. The molecule has 5 nitrogen and oxygen atoms in total. The van der Waals surface area contributed by atoms with E-state index in [1.165, 1.54) is 10.8 Å². The highest BCUT2D eigenvalue weighted by atomic mass is 79.9. The number of hydrogen-bond donors (Lipinski definition) is 1. The smallest absolute Gasteiger partial charge is 0.269 e. The maximum atomic E-state index is 12.9. The van der Waals surface area contributed by atoms with Gasteiger partial charge in [0.2, 0.25) is 5.91 Å². The third kappa shape index (κ3) is 4.27. The van der Waals surface area contributed by atoms with Crippen LogP contribution in [0.25, 0.3) is 11.0 Å². The van der Waals surface area contributed by atoms with Gasteiger partial charge in [0, 0.05) is 4.47 Å². The van der Waals surface area contributed by atoms with Crippen LogP contribution in [0, 0.1) is 0 Å². The van der Waals surface area contributed by atoms with Crippen molar-refractivity contribution < 1.29 is 4.79 Å². The van der Waals surface area contributed by atoms with Crippen molar-refractivity contribution in [3.8, 4) is 0 Å². The number of amides is 1. The molecule has 3 aromatic carbocycles. The lowest BCUT2D eigenvalue weighted by molar-refractivity contribution is -0.122. The number of nitrogens with one attached hydrogen (secondary N) is 1. The minimum atomic E-state index is -0.319. The van der Waals surface area contributed by atoms with Crippen molar-refractivity contribution in [1.82, 2.24) is 14.9 Å². The van der Waals surface area contributed by atoms with Crippen LogP contribution in [0.15, 0.2) is 94.3 Å². The highest BCUT2D eigenvalue weighted by molar-refractivity contribution is 9.10. The molecular formula is C23H18BrN3O2. The normalized spacial score (nSPS) is 11.9. The summed E-state index contributed by atoms with van der Waals surface area (Å²) in [7, 11) is 0. The molecule has 0 aliphatic rings. The highest BCUT2D eigenvalue weighted by Gasteiger charge is 2.18. The van der Waals surface area contributed by atoms with Crippen LogP contribution in [0.2, 0.25) is 0 Å². The first-order valence-electron chi connectivity index (χ1n) is 9.16. The van der Waals surface area contributed by atoms with Gasteiger partial charge >= 0.3 is 0 Å². The lowest BCUT2D eigenvalue weighted by Crippen LogP contribution is -2.35. The number of benzene rings is 3. The molecule has 0 saturated heterocycles. The van der Waals surface area contributed by atoms with Gasteiger partial charge in [0.05, 0.1) is 23.3 Å². The van der Waals surface area contributed by atoms with E-state index in [0.717, 1.165) is 15.6 Å². The molecule has 0 saturated carbocycles. The Labute approximate surface area is 176 Å². The number of aromatic nitrogens is 2. The molecule has 4 aromatic rings. The number of hydrogen-bond acceptors (Lipinski definition) is 3. The first kappa shape index (κ1) is 19.1. The lowest BCUT2D eigenvalue weighted by Gasteiger charge is -2.20. The Morgan fingerprint density at radius 1 is 0.931 bits per heavy atom. The Balaban J connectivity index is 1.65. The molecule has 29 heavy (non-hydrogen) atoms. The largest absolute Gasteiger partial charge is 0.344 e. The fourth-order valence-corrected chi connectivity index (χ4v) is 3.55. The van der Waals surface area contributed by atoms with E-state index in [4.69, 9.17) is 0 Å². The Bertz CT molecular complexity index is 1200. The second-order valence-corrected chi connectivity index (χ2v) is 7.55. The standard InChI is InChI=1S/C23H18BrN3O2/c24-18-12-10-17(11-13-18)23(16-6-2-1-3-7-16)26-21(28)15-27-20-9-5-4-8-19(20)25-14-22(27)29/h1-14,23H,15H2,(H,26,28). The zero-order valence-electron chi connectivity index (χ0n) is 15.5. The molecule has 1 unspecified atom stereocenters. The van der Waals surface area contributed by atoms with Crippen LogP contribution in [0.5, 0.6) is 0 Å². The summed E-state index contributed by atoms with van der Waals surface area (Å²) in [6.45, 7) is -0.0816. The average Bonchev–Trinajstić information content (AvgIpc) is 2.75. The molecule has 0 radical (unpaired) electrons. The minimum Gasteiger partial charge on any atom is -0.344 e. The summed E-state index contributed by atoms with van der Waals surface area (Å²) >= 11 is 3.45. The molecule has 144 valence electrons. The molecule has 4 rings (SSSR count). The Kier molecular flexibility index (Phi) is 5.53. The Morgan fingerprint density at radius 3 is 2.34 bits per heavy atom. The SMILES string of the molecule is O=C(Cn1c(=O)cnc2ccccc21)NC(c1ccccc1)c1ccc(Br)cc1. The van der Waals surface area contributed by atoms with Gasteiger partial charge in [-0.1, -0.05) is 70.5 Å². The van der Waals surface area contributed by atoms with Crippen molar-refractivity contribution >= 4 is 32.9 Å². The average molecular weight is 448 g/mol. The van der Waals surface area contributed by atoms with Crippen molar-refractivity contribution in [2.75, 3.05) is 0 Å². The first-order valence-corrected chi connectivity index (χ1v) is 9.95. The zero-order valence-corrected chi connectivity index (χ0v) is 17.0. The molecule has 1 atom stereocenters. The summed E-state index contributed by atoms with van der Waals surface area (Å²) in [5.41, 5.74) is 2.93. The van der Waals surface area contributed by atoms with Crippen LogP contribution in [0.4, 0.5) is 0 Å². The van der Waals surface area contributed by atoms with Crippen LogP contribution >= 0.6 is 15.9 Å². The van der Waals surface area contributed by atoms with Crippen molar-refractivity contribution in [3.05, 3.63) is 111 Å². The number of rotatable bonds is 5. The second-order valence-electron chi connectivity index (χ2n) is 6.63. The number of para-hydroxylation sites is 2. The number of nitrogens with zero attached hydrogens (tertiary/aromatic N) is 2. The minimum absolute atomic E-state index is 0.0816. The topological polar surface area (TPSA) is 64.0 Å². The van der Waals surface area contributed by atoms with Crippen molar-refractivity contribution in [1.29, 1.82) is 0 Å². The Morgan fingerprint density at radius 2 is 1.59 bits per heavy atom. The molecule has 1 heterocycles. The van der Waals surface area contributed by atoms with E-state index in [1.807, 2.05) is 72.8 Å². The highest BCUT2D eigenvalue weighted by Crippen LogP contribution is 2.23. The number of carbonyl (C=O) groups excluding carboxylic acids is 1. The van der Waals surface area contributed by atoms with Gasteiger partial charge in [-0.15, -0.1) is 0 Å². The summed E-state index contributed by atoms with van der Waals surface area (Å²) < 4.78 is 2.41. The molecular weight excluding hydrogens is 430 g/mol. The predicted molar refractivity (Wildman–Crippen MR) is 117 cm³/mol. The fourth-order valence-electron chi connectivity index (χ4n) is 3.29. The van der Waals surface area contributed by atoms with Crippen LogP contribution in [0.3, 0.4) is 0 Å². The van der Waals surface area contributed by atoms with Gasteiger partial charge < -0.3 is 5.32 Å². The quantitative estimate of drug-likeness (QED) is 0.501. The number of carbonyl (C=O) groups is 1. The third-order valence-corrected chi connectivity index (χ3v) is 5.22. The van der Waals surface area contributed by atoms with Crippen LogP contribution in [-0.2, 0) is 11.3 Å². The zero-order chi connectivity index (χ0) is 20.2. The first-order chi connectivity index (χ1) is 14.1. The van der Waals surface area contributed by atoms with Crippen LogP contribution < -0.4 is 10.9 Å². The van der Waals surface area contributed by atoms with Gasteiger partial charge in [0.25, 0.3) is 5.56 Å². The van der Waals surface area contributed by atoms with Gasteiger partial charge in [-0.2, -0.15) is 0 Å². The Hall–Kier alpha value is -3.25. The van der Waals surface area contributed by atoms with E-state index < -0.39 is 0 Å². The molecule has 1 aromatic heterocycles. The number of halogens is 1. The van der Waals surface area contributed by atoms with Gasteiger partial charge in [-0.25, -0.2) is 4.98 Å². The molecule has 6 heteroatoms. The van der Waals surface area contributed by atoms with Crippen molar-refractivity contribution in [2.45, 2.75) is 12.6 Å². The van der Waals surface area contributed by atoms with E-state index in [2.05, 4.69) is 26.2 Å². The molecule has 0 spiro atoms. The van der Waals surface area contributed by atoms with Gasteiger partial charge in [-0.3, -0.25) is 14.2 Å².